The minimum atomic E-state index is -0.380. The van der Waals surface area contributed by atoms with Crippen LogP contribution in [-0.4, -0.2) is 50.7 Å². The molecule has 0 atom stereocenters. The normalized spacial score (nSPS) is 17.5. The molecule has 0 unspecified atom stereocenters. The monoisotopic (exact) mass is 525 g/mol. The summed E-state index contributed by atoms with van der Waals surface area (Å²) < 4.78 is 0. The summed E-state index contributed by atoms with van der Waals surface area (Å²) in [5.74, 6) is 0.860. The number of thioether (sulfide) groups is 1. The van der Waals surface area contributed by atoms with Gasteiger partial charge in [0.15, 0.2) is 0 Å². The van der Waals surface area contributed by atoms with Gasteiger partial charge in [0, 0.05) is 54.7 Å². The first-order valence-corrected chi connectivity index (χ1v) is 13.5. The summed E-state index contributed by atoms with van der Waals surface area (Å²) in [4.78, 5) is 42.7. The highest BCUT2D eigenvalue weighted by atomic mass is 32.2. The van der Waals surface area contributed by atoms with Gasteiger partial charge >= 0.3 is 0 Å². The van der Waals surface area contributed by atoms with Crippen molar-refractivity contribution < 1.29 is 9.59 Å². The van der Waals surface area contributed by atoms with Crippen LogP contribution >= 0.6 is 11.8 Å². The van der Waals surface area contributed by atoms with Crippen LogP contribution < -0.4 is 15.5 Å². The van der Waals surface area contributed by atoms with E-state index in [0.717, 1.165) is 67.6 Å². The van der Waals surface area contributed by atoms with E-state index in [9.17, 15) is 9.59 Å². The van der Waals surface area contributed by atoms with Gasteiger partial charge in [-0.2, -0.15) is 0 Å². The predicted octanol–water partition coefficient (Wildman–Crippen LogP) is 4.35. The standard InChI is InChI=1S/C28H27N7O2S/c36-26-25(38-28(37)34-26)14-22-6-10-31-27(33-22)35-11-7-18(8-12-35)15-29-16-19-1-3-24(32-17-19)20-2-4-23-21(13-20)5-9-30-23/h1-6,9-10,13-14,17-18,29-30H,7-8,11-12,15-16H2,(H,34,36,37)/b25-14+. The van der Waals surface area contributed by atoms with Crippen LogP contribution in [0.5, 0.6) is 0 Å². The van der Waals surface area contributed by atoms with Crippen molar-refractivity contribution in [3.63, 3.8) is 0 Å². The molecule has 0 radical (unpaired) electrons. The first-order chi connectivity index (χ1) is 18.6. The van der Waals surface area contributed by atoms with E-state index in [2.05, 4.69) is 71.9 Å². The number of aromatic nitrogens is 4. The second-order valence-corrected chi connectivity index (χ2v) is 10.5. The lowest BCUT2D eigenvalue weighted by molar-refractivity contribution is -0.115. The van der Waals surface area contributed by atoms with Crippen LogP contribution in [0.15, 0.2) is 66.0 Å². The van der Waals surface area contributed by atoms with Crippen molar-refractivity contribution in [2.45, 2.75) is 19.4 Å². The molecule has 38 heavy (non-hydrogen) atoms. The summed E-state index contributed by atoms with van der Waals surface area (Å²) in [7, 11) is 0. The Kier molecular flexibility index (Phi) is 6.89. The molecule has 2 fully saturated rings. The number of nitrogens with one attached hydrogen (secondary N) is 3. The molecule has 2 aliphatic heterocycles. The summed E-state index contributed by atoms with van der Waals surface area (Å²) in [6.45, 7) is 3.50. The molecule has 2 aliphatic rings. The molecule has 0 aliphatic carbocycles. The van der Waals surface area contributed by atoms with Crippen molar-refractivity contribution in [2.75, 3.05) is 24.5 Å². The number of carbonyl (C=O) groups is 2. The quantitative estimate of drug-likeness (QED) is 0.305. The van der Waals surface area contributed by atoms with Crippen LogP contribution in [0.2, 0.25) is 0 Å². The molecule has 1 aromatic carbocycles. The number of fused-ring (bicyclic) bond motifs is 1. The van der Waals surface area contributed by atoms with Gasteiger partial charge in [-0.3, -0.25) is 19.9 Å². The second-order valence-electron chi connectivity index (χ2n) is 9.53. The van der Waals surface area contributed by atoms with Gasteiger partial charge in [-0.25, -0.2) is 9.97 Å². The summed E-state index contributed by atoms with van der Waals surface area (Å²) in [5, 5.41) is 6.69. The molecule has 9 nitrogen and oxygen atoms in total. The zero-order valence-electron chi connectivity index (χ0n) is 20.7. The number of hydrogen-bond donors (Lipinski definition) is 3. The van der Waals surface area contributed by atoms with Crippen LogP contribution in [0, 0.1) is 5.92 Å². The molecule has 192 valence electrons. The van der Waals surface area contributed by atoms with E-state index in [1.807, 2.05) is 12.4 Å². The van der Waals surface area contributed by atoms with Gasteiger partial charge < -0.3 is 15.2 Å². The summed E-state index contributed by atoms with van der Waals surface area (Å²) in [5.41, 5.74) is 5.02. The number of imide groups is 1. The zero-order chi connectivity index (χ0) is 25.9. The van der Waals surface area contributed by atoms with E-state index in [4.69, 9.17) is 0 Å². The highest BCUT2D eigenvalue weighted by Gasteiger charge is 2.25. The Labute approximate surface area is 224 Å². The average Bonchev–Trinajstić information content (AvgIpc) is 3.54. The van der Waals surface area contributed by atoms with Crippen molar-refractivity contribution in [1.82, 2.24) is 30.6 Å². The number of nitrogens with zero attached hydrogens (tertiary/aromatic N) is 4. The molecule has 3 N–H and O–H groups in total. The SMILES string of the molecule is O=C1NC(=O)/C(=C\c2ccnc(N3CCC(CNCc4ccc(-c5ccc6[nH]ccc6c5)nc4)CC3)n2)S1. The fraction of sp³-hybridized carbons (Fsp3) is 0.250. The topological polar surface area (TPSA) is 116 Å². The maximum Gasteiger partial charge on any atom is 0.290 e. The van der Waals surface area contributed by atoms with E-state index in [-0.39, 0.29) is 11.1 Å². The highest BCUT2D eigenvalue weighted by Crippen LogP contribution is 2.26. The number of aromatic amines is 1. The molecule has 10 heteroatoms. The van der Waals surface area contributed by atoms with E-state index < -0.39 is 0 Å². The third kappa shape index (κ3) is 5.46. The molecular formula is C28H27N7O2S. The maximum atomic E-state index is 11.8. The number of H-pyrrole nitrogens is 1. The van der Waals surface area contributed by atoms with Gasteiger partial charge in [-0.05, 0) is 79.0 Å². The fourth-order valence-corrected chi connectivity index (χ4v) is 5.49. The van der Waals surface area contributed by atoms with Crippen molar-refractivity contribution in [3.05, 3.63) is 77.2 Å². The van der Waals surface area contributed by atoms with Crippen molar-refractivity contribution in [3.8, 4) is 11.3 Å². The molecule has 2 amide bonds. The molecule has 5 heterocycles. The number of hydrogen-bond acceptors (Lipinski definition) is 8. The lowest BCUT2D eigenvalue weighted by Gasteiger charge is -2.32. The number of anilines is 1. The van der Waals surface area contributed by atoms with Crippen LogP contribution in [-0.2, 0) is 11.3 Å². The Bertz CT molecular complexity index is 1510. The van der Waals surface area contributed by atoms with Crippen LogP contribution in [0.3, 0.4) is 0 Å². The Hall–Kier alpha value is -4.02. The number of pyridine rings is 1. The van der Waals surface area contributed by atoms with Gasteiger partial charge in [0.25, 0.3) is 11.1 Å². The minimum Gasteiger partial charge on any atom is -0.361 e. The third-order valence-corrected chi connectivity index (χ3v) is 7.73. The van der Waals surface area contributed by atoms with E-state index in [1.165, 1.54) is 10.9 Å². The Balaban J connectivity index is 0.979. The number of carbonyl (C=O) groups excluding carboxylic acids is 2. The first kappa shape index (κ1) is 24.3. The van der Waals surface area contributed by atoms with Crippen LogP contribution in [0.1, 0.15) is 24.1 Å². The lowest BCUT2D eigenvalue weighted by Crippen LogP contribution is -2.38. The fourth-order valence-electron chi connectivity index (χ4n) is 4.82. The number of benzene rings is 1. The highest BCUT2D eigenvalue weighted by molar-refractivity contribution is 8.18. The minimum absolute atomic E-state index is 0.354. The molecule has 6 rings (SSSR count). The molecule has 0 spiro atoms. The first-order valence-electron chi connectivity index (χ1n) is 12.7. The molecule has 4 aromatic rings. The molecule has 0 saturated carbocycles. The average molecular weight is 526 g/mol. The van der Waals surface area contributed by atoms with Crippen molar-refractivity contribution >= 4 is 45.8 Å². The Morgan fingerprint density at radius 3 is 2.76 bits per heavy atom. The van der Waals surface area contributed by atoms with Crippen LogP contribution in [0.25, 0.3) is 28.2 Å². The number of amides is 2. The number of rotatable bonds is 7. The smallest absolute Gasteiger partial charge is 0.290 e. The molecule has 3 aromatic heterocycles. The Morgan fingerprint density at radius 1 is 1.08 bits per heavy atom. The van der Waals surface area contributed by atoms with Gasteiger partial charge in [0.1, 0.15) is 0 Å². The Morgan fingerprint density at radius 2 is 1.97 bits per heavy atom. The zero-order valence-corrected chi connectivity index (χ0v) is 21.5. The third-order valence-electron chi connectivity index (χ3n) is 6.92. The summed E-state index contributed by atoms with van der Waals surface area (Å²) in [6, 6.07) is 14.4. The largest absolute Gasteiger partial charge is 0.361 e. The van der Waals surface area contributed by atoms with E-state index >= 15 is 0 Å². The van der Waals surface area contributed by atoms with E-state index in [0.29, 0.717) is 22.5 Å². The lowest BCUT2D eigenvalue weighted by atomic mass is 9.97. The summed E-state index contributed by atoms with van der Waals surface area (Å²) >= 11 is 0.892. The van der Waals surface area contributed by atoms with E-state index in [1.54, 1.807) is 18.3 Å². The number of piperidine rings is 1. The van der Waals surface area contributed by atoms with Crippen molar-refractivity contribution in [1.29, 1.82) is 0 Å². The van der Waals surface area contributed by atoms with Gasteiger partial charge in [0.2, 0.25) is 5.95 Å². The van der Waals surface area contributed by atoms with Crippen LogP contribution in [0.4, 0.5) is 10.7 Å². The maximum absolute atomic E-state index is 11.8. The summed E-state index contributed by atoms with van der Waals surface area (Å²) in [6.07, 6.45) is 9.33. The van der Waals surface area contributed by atoms with Gasteiger partial charge in [0.05, 0.1) is 16.3 Å². The molecular weight excluding hydrogens is 498 g/mol. The van der Waals surface area contributed by atoms with Gasteiger partial charge in [-0.1, -0.05) is 12.1 Å². The predicted molar refractivity (Wildman–Crippen MR) is 149 cm³/mol. The van der Waals surface area contributed by atoms with Gasteiger partial charge in [-0.15, -0.1) is 0 Å². The molecule has 0 bridgehead atoms. The van der Waals surface area contributed by atoms with Crippen molar-refractivity contribution in [2.24, 2.45) is 5.92 Å². The second kappa shape index (κ2) is 10.8. The molecule has 2 saturated heterocycles.